The summed E-state index contributed by atoms with van der Waals surface area (Å²) in [6.45, 7) is 2.14. The van der Waals surface area contributed by atoms with E-state index in [1.165, 1.54) is 0 Å². The van der Waals surface area contributed by atoms with Crippen LogP contribution in [-0.2, 0) is 4.79 Å². The smallest absolute Gasteiger partial charge is 0.325 e. The van der Waals surface area contributed by atoms with Crippen LogP contribution in [0.5, 0.6) is 0 Å². The lowest BCUT2D eigenvalue weighted by Crippen LogP contribution is -2.28. The Morgan fingerprint density at radius 1 is 1.69 bits per heavy atom. The van der Waals surface area contributed by atoms with Gasteiger partial charge in [-0.3, -0.25) is 10.1 Å². The zero-order valence-electron chi connectivity index (χ0n) is 8.83. The number of carbonyl (C=O) groups is 1. The summed E-state index contributed by atoms with van der Waals surface area (Å²) >= 11 is 3.37. The Balaban J connectivity index is 2.97. The highest BCUT2D eigenvalue weighted by atomic mass is 79.9. The second kappa shape index (κ2) is 5.69. The van der Waals surface area contributed by atoms with Gasteiger partial charge < -0.3 is 5.11 Å². The number of rotatable bonds is 4. The van der Waals surface area contributed by atoms with E-state index >= 15 is 0 Å². The van der Waals surface area contributed by atoms with Crippen LogP contribution in [0.4, 0.5) is 0 Å². The van der Waals surface area contributed by atoms with Crippen LogP contribution in [0.2, 0.25) is 0 Å². The predicted octanol–water partition coefficient (Wildman–Crippen LogP) is 2.11. The minimum absolute atomic E-state index is 0.228. The van der Waals surface area contributed by atoms with Gasteiger partial charge in [-0.15, -0.1) is 6.42 Å². The number of benzene rings is 1. The SMILES string of the molecule is C#CCNC(C(=O)O)c1ccc(Br)c(C)c1. The van der Waals surface area contributed by atoms with Crippen molar-refractivity contribution in [3.63, 3.8) is 0 Å². The molecule has 0 saturated heterocycles. The monoisotopic (exact) mass is 281 g/mol. The highest BCUT2D eigenvalue weighted by Gasteiger charge is 2.18. The van der Waals surface area contributed by atoms with Gasteiger partial charge in [0.1, 0.15) is 6.04 Å². The van der Waals surface area contributed by atoms with Crippen LogP contribution < -0.4 is 5.32 Å². The van der Waals surface area contributed by atoms with E-state index in [2.05, 4.69) is 27.2 Å². The molecule has 3 nitrogen and oxygen atoms in total. The third-order valence-corrected chi connectivity index (χ3v) is 3.06. The fraction of sp³-hybridized carbons (Fsp3) is 0.250. The average Bonchev–Trinajstić information content (AvgIpc) is 2.23. The molecule has 0 fully saturated rings. The summed E-state index contributed by atoms with van der Waals surface area (Å²) < 4.78 is 0.956. The fourth-order valence-electron chi connectivity index (χ4n) is 1.36. The van der Waals surface area contributed by atoms with Crippen LogP contribution in [-0.4, -0.2) is 17.6 Å². The summed E-state index contributed by atoms with van der Waals surface area (Å²) in [4.78, 5) is 11.1. The zero-order chi connectivity index (χ0) is 12.1. The van der Waals surface area contributed by atoms with E-state index in [9.17, 15) is 4.79 Å². The second-order valence-corrected chi connectivity index (χ2v) is 4.22. The van der Waals surface area contributed by atoms with Gasteiger partial charge in [-0.2, -0.15) is 0 Å². The number of aryl methyl sites for hydroxylation is 1. The summed E-state index contributed by atoms with van der Waals surface area (Å²) in [6, 6.07) is 4.66. The summed E-state index contributed by atoms with van der Waals surface area (Å²) in [5, 5.41) is 11.9. The average molecular weight is 282 g/mol. The first-order chi connectivity index (χ1) is 7.56. The Hall–Kier alpha value is -1.31. The van der Waals surface area contributed by atoms with Gasteiger partial charge in [-0.05, 0) is 24.1 Å². The molecule has 1 rings (SSSR count). The van der Waals surface area contributed by atoms with Gasteiger partial charge in [0.15, 0.2) is 0 Å². The van der Waals surface area contributed by atoms with Gasteiger partial charge in [0.05, 0.1) is 6.54 Å². The van der Waals surface area contributed by atoms with Crippen molar-refractivity contribution in [1.29, 1.82) is 0 Å². The molecule has 84 valence electrons. The van der Waals surface area contributed by atoms with E-state index in [1.54, 1.807) is 6.07 Å². The molecule has 1 unspecified atom stereocenters. The van der Waals surface area contributed by atoms with Crippen molar-refractivity contribution in [3.05, 3.63) is 33.8 Å². The van der Waals surface area contributed by atoms with Crippen molar-refractivity contribution < 1.29 is 9.90 Å². The van der Waals surface area contributed by atoms with Crippen molar-refractivity contribution in [2.75, 3.05) is 6.54 Å². The highest BCUT2D eigenvalue weighted by molar-refractivity contribution is 9.10. The lowest BCUT2D eigenvalue weighted by Gasteiger charge is -2.14. The molecule has 1 atom stereocenters. The molecule has 1 aromatic rings. The molecule has 4 heteroatoms. The summed E-state index contributed by atoms with van der Waals surface area (Å²) in [5.41, 5.74) is 1.69. The van der Waals surface area contributed by atoms with E-state index < -0.39 is 12.0 Å². The number of terminal acetylenes is 1. The van der Waals surface area contributed by atoms with Gasteiger partial charge in [-0.1, -0.05) is 34.0 Å². The topological polar surface area (TPSA) is 49.3 Å². The first-order valence-corrected chi connectivity index (χ1v) is 5.51. The molecule has 0 aliphatic rings. The van der Waals surface area contributed by atoms with Crippen LogP contribution in [0.3, 0.4) is 0 Å². The lowest BCUT2D eigenvalue weighted by atomic mass is 10.0. The second-order valence-electron chi connectivity index (χ2n) is 3.36. The van der Waals surface area contributed by atoms with Crippen molar-refractivity contribution >= 4 is 21.9 Å². The summed E-state index contributed by atoms with van der Waals surface area (Å²) in [6.07, 6.45) is 5.10. The first kappa shape index (κ1) is 12.8. The molecule has 0 aliphatic carbocycles. The van der Waals surface area contributed by atoms with Crippen molar-refractivity contribution in [2.45, 2.75) is 13.0 Å². The number of nitrogens with one attached hydrogen (secondary N) is 1. The molecule has 0 radical (unpaired) electrons. The maximum absolute atomic E-state index is 11.1. The number of hydrogen-bond acceptors (Lipinski definition) is 2. The molecule has 16 heavy (non-hydrogen) atoms. The molecule has 0 aromatic heterocycles. The van der Waals surface area contributed by atoms with Crippen LogP contribution >= 0.6 is 15.9 Å². The van der Waals surface area contributed by atoms with E-state index in [1.807, 2.05) is 19.1 Å². The maximum Gasteiger partial charge on any atom is 0.325 e. The molecule has 0 bridgehead atoms. The van der Waals surface area contributed by atoms with E-state index in [0.717, 1.165) is 10.0 Å². The third-order valence-electron chi connectivity index (χ3n) is 2.17. The Kier molecular flexibility index (Phi) is 4.53. The Labute approximate surface area is 103 Å². The molecule has 2 N–H and O–H groups in total. The minimum Gasteiger partial charge on any atom is -0.480 e. The van der Waals surface area contributed by atoms with Crippen molar-refractivity contribution in [3.8, 4) is 12.3 Å². The van der Waals surface area contributed by atoms with Gasteiger partial charge in [0, 0.05) is 4.47 Å². The third kappa shape index (κ3) is 3.09. The van der Waals surface area contributed by atoms with E-state index in [-0.39, 0.29) is 6.54 Å². The van der Waals surface area contributed by atoms with Crippen molar-refractivity contribution in [2.24, 2.45) is 0 Å². The van der Waals surface area contributed by atoms with Gasteiger partial charge in [0.2, 0.25) is 0 Å². The minimum atomic E-state index is -0.933. The molecule has 0 amide bonds. The van der Waals surface area contributed by atoms with Gasteiger partial charge in [-0.25, -0.2) is 0 Å². The number of aliphatic carboxylic acids is 1. The molecular weight excluding hydrogens is 270 g/mol. The van der Waals surface area contributed by atoms with Crippen LogP contribution in [0.1, 0.15) is 17.2 Å². The normalized spacial score (nSPS) is 11.8. The number of halogens is 1. The Morgan fingerprint density at radius 3 is 2.88 bits per heavy atom. The standard InChI is InChI=1S/C12H12BrNO2/c1-3-6-14-11(12(15)16)9-4-5-10(13)8(2)7-9/h1,4-5,7,11,14H,6H2,2H3,(H,15,16). The number of carboxylic acid groups (broad SMARTS) is 1. The van der Waals surface area contributed by atoms with E-state index in [0.29, 0.717) is 5.56 Å². The zero-order valence-corrected chi connectivity index (χ0v) is 10.4. The lowest BCUT2D eigenvalue weighted by molar-refractivity contribution is -0.139. The van der Waals surface area contributed by atoms with Crippen LogP contribution in [0, 0.1) is 19.3 Å². The Morgan fingerprint density at radius 2 is 2.38 bits per heavy atom. The largest absolute Gasteiger partial charge is 0.480 e. The first-order valence-electron chi connectivity index (χ1n) is 4.72. The molecule has 0 saturated carbocycles. The maximum atomic E-state index is 11.1. The number of hydrogen-bond donors (Lipinski definition) is 2. The van der Waals surface area contributed by atoms with E-state index in [4.69, 9.17) is 11.5 Å². The van der Waals surface area contributed by atoms with Gasteiger partial charge >= 0.3 is 5.97 Å². The van der Waals surface area contributed by atoms with Crippen LogP contribution in [0.25, 0.3) is 0 Å². The Bertz CT molecular complexity index is 437. The molecule has 0 heterocycles. The molecule has 1 aromatic carbocycles. The summed E-state index contributed by atoms with van der Waals surface area (Å²) in [7, 11) is 0. The predicted molar refractivity (Wildman–Crippen MR) is 66.1 cm³/mol. The van der Waals surface area contributed by atoms with Crippen LogP contribution in [0.15, 0.2) is 22.7 Å². The molecule has 0 aliphatic heterocycles. The molecule has 0 spiro atoms. The number of carboxylic acids is 1. The van der Waals surface area contributed by atoms with Gasteiger partial charge in [0.25, 0.3) is 0 Å². The molecular formula is C12H12BrNO2. The quantitative estimate of drug-likeness (QED) is 0.831. The summed E-state index contributed by atoms with van der Waals surface area (Å²) in [5.74, 6) is 1.43. The highest BCUT2D eigenvalue weighted by Crippen LogP contribution is 2.21. The van der Waals surface area contributed by atoms with Crippen molar-refractivity contribution in [1.82, 2.24) is 5.32 Å². The fourth-order valence-corrected chi connectivity index (χ4v) is 1.60.